The smallest absolute Gasteiger partial charge is 0.180 e. The van der Waals surface area contributed by atoms with Gasteiger partial charge in [0.15, 0.2) is 5.65 Å². The number of pyridine rings is 1. The summed E-state index contributed by atoms with van der Waals surface area (Å²) in [7, 11) is 3.24. The second-order valence-corrected chi connectivity index (χ2v) is 6.95. The summed E-state index contributed by atoms with van der Waals surface area (Å²) in [6.45, 7) is 4.46. The van der Waals surface area contributed by atoms with Crippen LogP contribution in [0.25, 0.3) is 22.4 Å². The normalized spacial score (nSPS) is 10.5. The first kappa shape index (κ1) is 22.7. The van der Waals surface area contributed by atoms with Gasteiger partial charge in [-0.3, -0.25) is 10.1 Å². The summed E-state index contributed by atoms with van der Waals surface area (Å²) in [5.41, 5.74) is 3.60. The Morgan fingerprint density at radius 2 is 1.74 bits per heavy atom. The van der Waals surface area contributed by atoms with E-state index in [-0.39, 0.29) is 0 Å². The number of ether oxygens (including phenoxy) is 2. The highest BCUT2D eigenvalue weighted by Crippen LogP contribution is 2.33. The SMILES string of the molecule is CC.COc1cc(OC)cc(N(Cc2ncc[nH]2)c2ccc3ncc(-c4cn[nH]c4)nc3n2)c1. The van der Waals surface area contributed by atoms with Gasteiger partial charge >= 0.3 is 0 Å². The summed E-state index contributed by atoms with van der Waals surface area (Å²) in [4.78, 5) is 23.5. The van der Waals surface area contributed by atoms with Gasteiger partial charge in [-0.05, 0) is 12.1 Å². The Morgan fingerprint density at radius 1 is 0.941 bits per heavy atom. The molecule has 0 spiro atoms. The molecule has 4 heterocycles. The number of rotatable bonds is 7. The van der Waals surface area contributed by atoms with E-state index in [1.54, 1.807) is 45.2 Å². The second kappa shape index (κ2) is 10.4. The maximum Gasteiger partial charge on any atom is 0.180 e. The van der Waals surface area contributed by atoms with E-state index in [0.29, 0.717) is 40.7 Å². The second-order valence-electron chi connectivity index (χ2n) is 6.95. The van der Waals surface area contributed by atoms with Crippen LogP contribution in [0.15, 0.2) is 61.3 Å². The van der Waals surface area contributed by atoms with Gasteiger partial charge in [0.2, 0.25) is 0 Å². The molecule has 0 aliphatic carbocycles. The molecule has 5 rings (SSSR count). The van der Waals surface area contributed by atoms with E-state index in [1.807, 2.05) is 49.1 Å². The Morgan fingerprint density at radius 3 is 2.38 bits per heavy atom. The van der Waals surface area contributed by atoms with E-state index in [1.165, 1.54) is 0 Å². The molecule has 0 amide bonds. The van der Waals surface area contributed by atoms with Crippen molar-refractivity contribution in [3.63, 3.8) is 0 Å². The van der Waals surface area contributed by atoms with Gasteiger partial charge in [-0.25, -0.2) is 15.0 Å². The molecule has 4 aromatic heterocycles. The Hall–Kier alpha value is -4.47. The average Bonchev–Trinajstić information content (AvgIpc) is 3.62. The maximum absolute atomic E-state index is 5.46. The van der Waals surface area contributed by atoms with E-state index in [4.69, 9.17) is 14.5 Å². The zero-order valence-electron chi connectivity index (χ0n) is 19.5. The van der Waals surface area contributed by atoms with Crippen molar-refractivity contribution in [3.05, 3.63) is 67.1 Å². The van der Waals surface area contributed by atoms with Crippen LogP contribution in [-0.4, -0.2) is 49.3 Å². The fraction of sp³-hybridized carbons (Fsp3) is 0.208. The molecular formula is C24H26N8O2. The number of fused-ring (bicyclic) bond motifs is 1. The average molecular weight is 459 g/mol. The molecule has 10 nitrogen and oxygen atoms in total. The predicted molar refractivity (Wildman–Crippen MR) is 130 cm³/mol. The molecule has 0 unspecified atom stereocenters. The summed E-state index contributed by atoms with van der Waals surface area (Å²) in [6, 6.07) is 9.47. The van der Waals surface area contributed by atoms with Crippen molar-refractivity contribution in [1.82, 2.24) is 35.1 Å². The number of nitrogens with one attached hydrogen (secondary N) is 2. The first-order chi connectivity index (χ1) is 16.7. The Bertz CT molecular complexity index is 1310. The van der Waals surface area contributed by atoms with Gasteiger partial charge in [0.05, 0.1) is 44.5 Å². The number of methoxy groups -OCH3 is 2. The zero-order valence-corrected chi connectivity index (χ0v) is 19.5. The summed E-state index contributed by atoms with van der Waals surface area (Å²) >= 11 is 0. The number of anilines is 2. The highest BCUT2D eigenvalue weighted by molar-refractivity contribution is 5.77. The third-order valence-electron chi connectivity index (χ3n) is 4.97. The number of benzene rings is 1. The number of nitrogens with zero attached hydrogens (tertiary/aromatic N) is 6. The van der Waals surface area contributed by atoms with E-state index >= 15 is 0 Å². The van der Waals surface area contributed by atoms with E-state index in [2.05, 4.69) is 30.1 Å². The lowest BCUT2D eigenvalue weighted by Crippen LogP contribution is -2.19. The predicted octanol–water partition coefficient (Wildman–Crippen LogP) is 4.52. The van der Waals surface area contributed by atoms with Gasteiger partial charge in [0, 0.05) is 42.4 Å². The first-order valence-corrected chi connectivity index (χ1v) is 10.9. The van der Waals surface area contributed by atoms with Crippen LogP contribution in [-0.2, 0) is 6.54 Å². The Kier molecular flexibility index (Phi) is 6.97. The molecule has 0 radical (unpaired) electrons. The van der Waals surface area contributed by atoms with Crippen LogP contribution in [0.2, 0.25) is 0 Å². The molecule has 0 saturated heterocycles. The molecule has 34 heavy (non-hydrogen) atoms. The first-order valence-electron chi connectivity index (χ1n) is 10.9. The van der Waals surface area contributed by atoms with E-state index in [9.17, 15) is 0 Å². The fourth-order valence-corrected chi connectivity index (χ4v) is 3.36. The Balaban J connectivity index is 0.00000133. The summed E-state index contributed by atoms with van der Waals surface area (Å²) in [6.07, 6.45) is 8.69. The lowest BCUT2D eigenvalue weighted by molar-refractivity contribution is 0.394. The largest absolute Gasteiger partial charge is 0.497 e. The monoisotopic (exact) mass is 458 g/mol. The number of imidazole rings is 1. The Labute approximate surface area is 197 Å². The van der Waals surface area contributed by atoms with Crippen molar-refractivity contribution in [2.75, 3.05) is 19.1 Å². The molecule has 0 aliphatic rings. The molecule has 5 aromatic rings. The molecule has 174 valence electrons. The topological polar surface area (TPSA) is 118 Å². The minimum Gasteiger partial charge on any atom is -0.497 e. The van der Waals surface area contributed by atoms with Crippen LogP contribution in [0, 0.1) is 0 Å². The van der Waals surface area contributed by atoms with E-state index < -0.39 is 0 Å². The van der Waals surface area contributed by atoms with Crippen LogP contribution in [0.5, 0.6) is 11.5 Å². The van der Waals surface area contributed by atoms with Crippen molar-refractivity contribution in [2.45, 2.75) is 20.4 Å². The summed E-state index contributed by atoms with van der Waals surface area (Å²) in [5, 5.41) is 6.78. The van der Waals surface area contributed by atoms with Crippen LogP contribution in [0.3, 0.4) is 0 Å². The minimum absolute atomic E-state index is 0.455. The molecule has 10 heteroatoms. The van der Waals surface area contributed by atoms with Crippen LogP contribution in [0.1, 0.15) is 19.7 Å². The molecule has 2 N–H and O–H groups in total. The molecule has 0 atom stereocenters. The fourth-order valence-electron chi connectivity index (χ4n) is 3.36. The van der Waals surface area contributed by atoms with Gasteiger partial charge in [0.1, 0.15) is 28.7 Å². The van der Waals surface area contributed by atoms with Gasteiger partial charge in [0.25, 0.3) is 0 Å². The summed E-state index contributed by atoms with van der Waals surface area (Å²) in [5.74, 6) is 2.81. The standard InChI is InChI=1S/C22H20N8O2.C2H6/c1-31-16-7-15(8-17(9-16)32-2)30(13-20-23-5-6-24-20)21-4-3-18-22(29-21)28-19(12-25-18)14-10-26-27-11-14;1-2/h3-12H,13H2,1-2H3,(H,23,24)(H,26,27);1-2H3. The van der Waals surface area contributed by atoms with Crippen molar-refractivity contribution in [2.24, 2.45) is 0 Å². The number of aromatic nitrogens is 7. The van der Waals surface area contributed by atoms with Crippen LogP contribution < -0.4 is 14.4 Å². The molecule has 1 aromatic carbocycles. The number of H-pyrrole nitrogens is 2. The number of hydrogen-bond acceptors (Lipinski definition) is 8. The molecule has 0 fully saturated rings. The number of aromatic amines is 2. The quantitative estimate of drug-likeness (QED) is 0.365. The van der Waals surface area contributed by atoms with Crippen LogP contribution >= 0.6 is 0 Å². The van der Waals surface area contributed by atoms with Gasteiger partial charge in [-0.1, -0.05) is 13.8 Å². The third kappa shape index (κ3) is 4.80. The highest BCUT2D eigenvalue weighted by atomic mass is 16.5. The van der Waals surface area contributed by atoms with Crippen molar-refractivity contribution in [1.29, 1.82) is 0 Å². The molecule has 0 aliphatic heterocycles. The van der Waals surface area contributed by atoms with Crippen molar-refractivity contribution >= 4 is 22.7 Å². The van der Waals surface area contributed by atoms with Crippen LogP contribution in [0.4, 0.5) is 11.5 Å². The van der Waals surface area contributed by atoms with Gasteiger partial charge < -0.3 is 19.4 Å². The summed E-state index contributed by atoms with van der Waals surface area (Å²) < 4.78 is 10.9. The zero-order chi connectivity index (χ0) is 23.9. The maximum atomic E-state index is 5.46. The lowest BCUT2D eigenvalue weighted by Gasteiger charge is -2.24. The third-order valence-corrected chi connectivity index (χ3v) is 4.97. The molecular weight excluding hydrogens is 432 g/mol. The molecule has 0 saturated carbocycles. The van der Waals surface area contributed by atoms with Gasteiger partial charge in [-0.15, -0.1) is 0 Å². The lowest BCUT2D eigenvalue weighted by atomic mass is 10.2. The molecule has 0 bridgehead atoms. The van der Waals surface area contributed by atoms with Gasteiger partial charge in [-0.2, -0.15) is 5.10 Å². The van der Waals surface area contributed by atoms with Crippen molar-refractivity contribution < 1.29 is 9.47 Å². The minimum atomic E-state index is 0.455. The highest BCUT2D eigenvalue weighted by Gasteiger charge is 2.17. The van der Waals surface area contributed by atoms with E-state index in [0.717, 1.165) is 17.1 Å². The van der Waals surface area contributed by atoms with Crippen molar-refractivity contribution in [3.8, 4) is 22.8 Å². The number of hydrogen-bond donors (Lipinski definition) is 2.